The topological polar surface area (TPSA) is 20.2 Å². The molecule has 0 radical (unpaired) electrons. The summed E-state index contributed by atoms with van der Waals surface area (Å²) in [7, 11) is 0. The number of aliphatic hydroxyl groups is 1. The van der Waals surface area contributed by atoms with Crippen molar-refractivity contribution >= 4 is 15.9 Å². The Balaban J connectivity index is 2.34. The summed E-state index contributed by atoms with van der Waals surface area (Å²) < 4.78 is 28.0. The third kappa shape index (κ3) is 2.84. The highest BCUT2D eigenvalue weighted by molar-refractivity contribution is 9.10. The van der Waals surface area contributed by atoms with Crippen LogP contribution in [-0.4, -0.2) is 10.7 Å². The fourth-order valence-electron chi connectivity index (χ4n) is 3.37. The average molecular weight is 333 g/mol. The van der Waals surface area contributed by atoms with Gasteiger partial charge in [0.05, 0.1) is 10.1 Å². The molecular formula is C15H19BrF2O. The minimum Gasteiger partial charge on any atom is -0.389 e. The zero-order valence-corrected chi connectivity index (χ0v) is 13.0. The second-order valence-corrected chi connectivity index (χ2v) is 7.40. The van der Waals surface area contributed by atoms with Crippen LogP contribution in [0, 0.1) is 23.0 Å². The zero-order chi connectivity index (χ0) is 14.4. The Labute approximate surface area is 121 Å². The van der Waals surface area contributed by atoms with Crippen molar-refractivity contribution in [3.8, 4) is 0 Å². The summed E-state index contributed by atoms with van der Waals surface area (Å²) in [6.07, 6.45) is 1.45. The quantitative estimate of drug-likeness (QED) is 0.793. The molecule has 0 saturated heterocycles. The van der Waals surface area contributed by atoms with Gasteiger partial charge in [-0.3, -0.25) is 0 Å². The van der Waals surface area contributed by atoms with Crippen molar-refractivity contribution in [3.05, 3.63) is 33.8 Å². The van der Waals surface area contributed by atoms with Crippen LogP contribution in [0.15, 0.2) is 16.6 Å². The van der Waals surface area contributed by atoms with Crippen LogP contribution in [-0.2, 0) is 6.42 Å². The van der Waals surface area contributed by atoms with Gasteiger partial charge in [0.25, 0.3) is 0 Å². The summed E-state index contributed by atoms with van der Waals surface area (Å²) in [5.41, 5.74) is -1.06. The predicted octanol–water partition coefficient (Wildman–Crippen LogP) is 4.46. The Morgan fingerprint density at radius 3 is 2.53 bits per heavy atom. The lowest BCUT2D eigenvalue weighted by Gasteiger charge is -2.29. The van der Waals surface area contributed by atoms with E-state index >= 15 is 0 Å². The Morgan fingerprint density at radius 2 is 2.00 bits per heavy atom. The van der Waals surface area contributed by atoms with Gasteiger partial charge in [0.15, 0.2) is 0 Å². The second-order valence-electron chi connectivity index (χ2n) is 6.55. The number of hydrogen-bond acceptors (Lipinski definition) is 1. The molecular weight excluding hydrogens is 314 g/mol. The molecule has 2 unspecified atom stereocenters. The van der Waals surface area contributed by atoms with E-state index in [1.807, 2.05) is 6.92 Å². The number of halogens is 3. The first-order valence-electron chi connectivity index (χ1n) is 6.49. The third-order valence-electron chi connectivity index (χ3n) is 4.18. The van der Waals surface area contributed by atoms with E-state index in [0.29, 0.717) is 6.42 Å². The van der Waals surface area contributed by atoms with Crippen LogP contribution in [0.5, 0.6) is 0 Å². The van der Waals surface area contributed by atoms with E-state index in [1.54, 1.807) is 0 Å². The lowest BCUT2D eigenvalue weighted by atomic mass is 9.84. The molecule has 0 amide bonds. The van der Waals surface area contributed by atoms with Crippen LogP contribution in [0.3, 0.4) is 0 Å². The molecule has 19 heavy (non-hydrogen) atoms. The van der Waals surface area contributed by atoms with E-state index < -0.39 is 17.2 Å². The molecule has 0 heterocycles. The van der Waals surface area contributed by atoms with Crippen LogP contribution in [0.1, 0.15) is 39.2 Å². The van der Waals surface area contributed by atoms with E-state index in [1.165, 1.54) is 12.1 Å². The molecule has 0 bridgehead atoms. The lowest BCUT2D eigenvalue weighted by Crippen LogP contribution is -2.35. The highest BCUT2D eigenvalue weighted by Gasteiger charge is 2.47. The first-order valence-corrected chi connectivity index (χ1v) is 7.29. The maximum absolute atomic E-state index is 14.0. The summed E-state index contributed by atoms with van der Waals surface area (Å²) in [6, 6.07) is 2.58. The normalized spacial score (nSPS) is 29.7. The van der Waals surface area contributed by atoms with Gasteiger partial charge in [0, 0.05) is 12.0 Å². The molecule has 2 atom stereocenters. The Bertz CT molecular complexity index is 501. The summed E-state index contributed by atoms with van der Waals surface area (Å²) in [4.78, 5) is 0. The van der Waals surface area contributed by atoms with Crippen molar-refractivity contribution in [1.82, 2.24) is 0 Å². The first-order chi connectivity index (χ1) is 8.65. The highest BCUT2D eigenvalue weighted by Crippen LogP contribution is 2.49. The molecule has 2 rings (SSSR count). The zero-order valence-electron chi connectivity index (χ0n) is 11.4. The van der Waals surface area contributed by atoms with Gasteiger partial charge in [-0.15, -0.1) is 0 Å². The maximum atomic E-state index is 14.0. The largest absolute Gasteiger partial charge is 0.389 e. The van der Waals surface area contributed by atoms with Crippen molar-refractivity contribution in [3.63, 3.8) is 0 Å². The highest BCUT2D eigenvalue weighted by atomic mass is 79.9. The molecule has 1 aliphatic carbocycles. The van der Waals surface area contributed by atoms with Crippen LogP contribution in [0.25, 0.3) is 0 Å². The van der Waals surface area contributed by atoms with Crippen molar-refractivity contribution in [2.45, 2.75) is 45.6 Å². The molecule has 0 spiro atoms. The summed E-state index contributed by atoms with van der Waals surface area (Å²) in [5.74, 6) is -1.17. The smallest absolute Gasteiger partial charge is 0.143 e. The average Bonchev–Trinajstić information content (AvgIpc) is 2.48. The Morgan fingerprint density at radius 1 is 1.37 bits per heavy atom. The van der Waals surface area contributed by atoms with Crippen molar-refractivity contribution in [2.24, 2.45) is 11.3 Å². The molecule has 1 aliphatic rings. The maximum Gasteiger partial charge on any atom is 0.143 e. The molecule has 1 aromatic carbocycles. The summed E-state index contributed by atoms with van der Waals surface area (Å²) in [5, 5.41) is 10.7. The van der Waals surface area contributed by atoms with E-state index in [4.69, 9.17) is 0 Å². The van der Waals surface area contributed by atoms with E-state index in [2.05, 4.69) is 29.8 Å². The van der Waals surface area contributed by atoms with Gasteiger partial charge in [-0.25, -0.2) is 8.78 Å². The Kier molecular flexibility index (Phi) is 3.78. The molecule has 1 fully saturated rings. The van der Waals surface area contributed by atoms with Crippen molar-refractivity contribution in [1.29, 1.82) is 0 Å². The van der Waals surface area contributed by atoms with Gasteiger partial charge in [-0.2, -0.15) is 0 Å². The van der Waals surface area contributed by atoms with Crippen LogP contribution in [0.4, 0.5) is 8.78 Å². The predicted molar refractivity (Wildman–Crippen MR) is 74.9 cm³/mol. The SMILES string of the molecule is CC1CC(C)(C)CC1(O)Cc1c(F)ccc(Br)c1F. The van der Waals surface area contributed by atoms with E-state index in [9.17, 15) is 13.9 Å². The molecule has 1 N–H and O–H groups in total. The second kappa shape index (κ2) is 4.81. The summed E-state index contributed by atoms with van der Waals surface area (Å²) >= 11 is 3.06. The molecule has 1 saturated carbocycles. The van der Waals surface area contributed by atoms with Crippen molar-refractivity contribution in [2.75, 3.05) is 0 Å². The lowest BCUT2D eigenvalue weighted by molar-refractivity contribution is 0.00294. The first kappa shape index (κ1) is 14.9. The number of benzene rings is 1. The fraction of sp³-hybridized carbons (Fsp3) is 0.600. The van der Waals surface area contributed by atoms with Crippen molar-refractivity contribution < 1.29 is 13.9 Å². The van der Waals surface area contributed by atoms with Crippen LogP contribution < -0.4 is 0 Å². The van der Waals surface area contributed by atoms with Gasteiger partial charge in [0.1, 0.15) is 11.6 Å². The number of rotatable bonds is 2. The monoisotopic (exact) mass is 332 g/mol. The van der Waals surface area contributed by atoms with Gasteiger partial charge >= 0.3 is 0 Å². The van der Waals surface area contributed by atoms with Gasteiger partial charge in [-0.1, -0.05) is 20.8 Å². The van der Waals surface area contributed by atoms with E-state index in [0.717, 1.165) is 6.42 Å². The van der Waals surface area contributed by atoms with Gasteiger partial charge < -0.3 is 5.11 Å². The van der Waals surface area contributed by atoms with E-state index in [-0.39, 0.29) is 27.8 Å². The molecule has 0 aromatic heterocycles. The van der Waals surface area contributed by atoms with Gasteiger partial charge in [-0.05, 0) is 52.2 Å². The molecule has 1 nitrogen and oxygen atoms in total. The minimum absolute atomic E-state index is 0.00707. The fourth-order valence-corrected chi connectivity index (χ4v) is 3.74. The molecule has 0 aliphatic heterocycles. The number of hydrogen-bond donors (Lipinski definition) is 1. The molecule has 4 heteroatoms. The van der Waals surface area contributed by atoms with Crippen LogP contribution >= 0.6 is 15.9 Å². The standard InChI is InChI=1S/C15H19BrF2O/c1-9-6-14(2,3)8-15(9,19)7-10-12(17)5-4-11(16)13(10)18/h4-5,9,19H,6-8H2,1-3H3. The molecule has 1 aromatic rings. The minimum atomic E-state index is -1.04. The third-order valence-corrected chi connectivity index (χ3v) is 4.80. The Hall–Kier alpha value is -0.480. The molecule has 106 valence electrons. The van der Waals surface area contributed by atoms with Crippen LogP contribution in [0.2, 0.25) is 0 Å². The van der Waals surface area contributed by atoms with Gasteiger partial charge in [0.2, 0.25) is 0 Å². The summed E-state index contributed by atoms with van der Waals surface area (Å²) in [6.45, 7) is 6.10.